The van der Waals surface area contributed by atoms with E-state index in [-0.39, 0.29) is 11.6 Å². The van der Waals surface area contributed by atoms with Gasteiger partial charge in [-0.25, -0.2) is 4.79 Å². The highest BCUT2D eigenvalue weighted by atomic mass is 16.4. The minimum absolute atomic E-state index is 0.178. The molecule has 1 rings (SSSR count). The molecular weight excluding hydrogens is 258 g/mol. The lowest BCUT2D eigenvalue weighted by atomic mass is 10.0. The number of amides is 1. The summed E-state index contributed by atoms with van der Waals surface area (Å²) in [6.07, 6.45) is 1.91. The second-order valence-corrected chi connectivity index (χ2v) is 5.29. The maximum atomic E-state index is 12.1. The summed E-state index contributed by atoms with van der Waals surface area (Å²) in [5, 5.41) is 11.6. The number of carboxylic acids is 1. The summed E-state index contributed by atoms with van der Waals surface area (Å²) in [7, 11) is 3.71. The smallest absolute Gasteiger partial charge is 0.326 e. The van der Waals surface area contributed by atoms with Gasteiger partial charge in [-0.1, -0.05) is 13.8 Å². The second-order valence-electron chi connectivity index (χ2n) is 5.29. The highest BCUT2D eigenvalue weighted by Gasteiger charge is 2.22. The number of carboxylic acid groups (broad SMARTS) is 1. The molecule has 2 N–H and O–H groups in total. The van der Waals surface area contributed by atoms with E-state index >= 15 is 0 Å². The first kappa shape index (κ1) is 15.9. The van der Waals surface area contributed by atoms with E-state index in [0.29, 0.717) is 6.42 Å². The summed E-state index contributed by atoms with van der Waals surface area (Å²) >= 11 is 0. The fraction of sp³-hybridized carbons (Fsp3) is 0.500. The average molecular weight is 279 g/mol. The molecule has 0 aliphatic heterocycles. The van der Waals surface area contributed by atoms with E-state index in [9.17, 15) is 9.59 Å². The molecule has 0 saturated heterocycles. The van der Waals surface area contributed by atoms with Crippen molar-refractivity contribution >= 4 is 17.6 Å². The van der Waals surface area contributed by atoms with Crippen LogP contribution in [0.4, 0.5) is 5.69 Å². The Morgan fingerprint density at radius 3 is 2.55 bits per heavy atom. The normalized spacial score (nSPS) is 12.1. The number of nitrogens with one attached hydrogen (secondary N) is 1. The Kier molecular flexibility index (Phi) is 5.49. The Morgan fingerprint density at radius 2 is 2.05 bits per heavy atom. The number of carbonyl (C=O) groups excluding carboxylic acids is 1. The van der Waals surface area contributed by atoms with Crippen LogP contribution in [0.1, 0.15) is 30.8 Å². The van der Waals surface area contributed by atoms with E-state index in [4.69, 9.17) is 5.11 Å². The van der Waals surface area contributed by atoms with Gasteiger partial charge in [-0.3, -0.25) is 9.78 Å². The minimum Gasteiger partial charge on any atom is -0.480 e. The molecule has 0 saturated carbocycles. The van der Waals surface area contributed by atoms with Crippen molar-refractivity contribution in [2.45, 2.75) is 26.3 Å². The van der Waals surface area contributed by atoms with Crippen LogP contribution in [0.15, 0.2) is 18.3 Å². The van der Waals surface area contributed by atoms with Crippen molar-refractivity contribution < 1.29 is 14.7 Å². The molecule has 6 heteroatoms. The fourth-order valence-corrected chi connectivity index (χ4v) is 1.75. The van der Waals surface area contributed by atoms with Crippen LogP contribution in [0, 0.1) is 5.92 Å². The van der Waals surface area contributed by atoms with E-state index in [1.165, 1.54) is 6.20 Å². The van der Waals surface area contributed by atoms with Gasteiger partial charge in [0.2, 0.25) is 0 Å². The predicted molar refractivity (Wildman–Crippen MR) is 76.9 cm³/mol. The van der Waals surface area contributed by atoms with Crippen LogP contribution in [-0.4, -0.2) is 42.1 Å². The quantitative estimate of drug-likeness (QED) is 0.822. The van der Waals surface area contributed by atoms with Gasteiger partial charge in [0, 0.05) is 26.0 Å². The first-order chi connectivity index (χ1) is 9.31. The highest BCUT2D eigenvalue weighted by Crippen LogP contribution is 2.12. The summed E-state index contributed by atoms with van der Waals surface area (Å²) in [5.41, 5.74) is 1.05. The molecular formula is C14H21N3O3. The molecule has 0 spiro atoms. The number of rotatable bonds is 6. The lowest BCUT2D eigenvalue weighted by Gasteiger charge is -2.17. The van der Waals surface area contributed by atoms with Gasteiger partial charge in [0.25, 0.3) is 5.91 Å². The molecule has 20 heavy (non-hydrogen) atoms. The molecule has 1 amide bonds. The highest BCUT2D eigenvalue weighted by molar-refractivity contribution is 5.95. The van der Waals surface area contributed by atoms with Gasteiger partial charge in [-0.2, -0.15) is 0 Å². The largest absolute Gasteiger partial charge is 0.480 e. The van der Waals surface area contributed by atoms with Crippen molar-refractivity contribution in [3.63, 3.8) is 0 Å². The summed E-state index contributed by atoms with van der Waals surface area (Å²) in [5.74, 6) is -1.32. The summed E-state index contributed by atoms with van der Waals surface area (Å²) in [6.45, 7) is 3.82. The van der Waals surface area contributed by atoms with Crippen LogP contribution >= 0.6 is 0 Å². The Bertz CT molecular complexity index is 486. The monoisotopic (exact) mass is 279 g/mol. The lowest BCUT2D eigenvalue weighted by molar-refractivity contribution is -0.139. The van der Waals surface area contributed by atoms with Gasteiger partial charge in [0.1, 0.15) is 11.7 Å². The Balaban J connectivity index is 2.83. The third-order valence-corrected chi connectivity index (χ3v) is 2.80. The van der Waals surface area contributed by atoms with Crippen molar-refractivity contribution in [1.82, 2.24) is 10.3 Å². The molecule has 1 atom stereocenters. The number of carbonyl (C=O) groups is 2. The number of anilines is 1. The minimum atomic E-state index is -1.03. The predicted octanol–water partition coefficient (Wildman–Crippen LogP) is 1.38. The number of nitrogens with zero attached hydrogens (tertiary/aromatic N) is 2. The first-order valence-corrected chi connectivity index (χ1v) is 6.48. The summed E-state index contributed by atoms with van der Waals surface area (Å²) in [4.78, 5) is 29.0. The van der Waals surface area contributed by atoms with Crippen LogP contribution in [0.2, 0.25) is 0 Å². The Hall–Kier alpha value is -2.11. The van der Waals surface area contributed by atoms with Crippen LogP contribution < -0.4 is 10.2 Å². The molecule has 1 aromatic rings. The second kappa shape index (κ2) is 6.88. The van der Waals surface area contributed by atoms with E-state index < -0.39 is 17.9 Å². The van der Waals surface area contributed by atoms with Crippen LogP contribution in [0.3, 0.4) is 0 Å². The zero-order chi connectivity index (χ0) is 15.3. The van der Waals surface area contributed by atoms with E-state index in [1.54, 1.807) is 12.1 Å². The standard InChI is InChI=1S/C14H21N3O3/c1-9(2)7-12(14(19)20)16-13(18)11-8-10(17(3)4)5-6-15-11/h5-6,8-9,12H,7H2,1-4H3,(H,16,18)(H,19,20)/t12-/m0/s1. The Morgan fingerprint density at radius 1 is 1.40 bits per heavy atom. The van der Waals surface area contributed by atoms with Crippen LogP contribution in [-0.2, 0) is 4.79 Å². The number of hydrogen-bond acceptors (Lipinski definition) is 4. The summed E-state index contributed by atoms with van der Waals surface area (Å²) in [6, 6.07) is 2.51. The zero-order valence-electron chi connectivity index (χ0n) is 12.3. The molecule has 110 valence electrons. The maximum Gasteiger partial charge on any atom is 0.326 e. The molecule has 0 aliphatic carbocycles. The van der Waals surface area contributed by atoms with Crippen molar-refractivity contribution in [3.05, 3.63) is 24.0 Å². The van der Waals surface area contributed by atoms with E-state index in [0.717, 1.165) is 5.69 Å². The van der Waals surface area contributed by atoms with Gasteiger partial charge < -0.3 is 15.3 Å². The molecule has 0 radical (unpaired) electrons. The molecule has 6 nitrogen and oxygen atoms in total. The van der Waals surface area contributed by atoms with Gasteiger partial charge in [-0.05, 0) is 24.5 Å². The molecule has 1 aromatic heterocycles. The Labute approximate surface area is 118 Å². The van der Waals surface area contributed by atoms with Gasteiger partial charge in [0.15, 0.2) is 0 Å². The average Bonchev–Trinajstić information content (AvgIpc) is 2.37. The number of aromatic nitrogens is 1. The number of pyridine rings is 1. The molecule has 0 fully saturated rings. The number of aliphatic carboxylic acids is 1. The van der Waals surface area contributed by atoms with Gasteiger partial charge in [-0.15, -0.1) is 0 Å². The molecule has 0 unspecified atom stereocenters. The van der Waals surface area contributed by atoms with Crippen LogP contribution in [0.25, 0.3) is 0 Å². The lowest BCUT2D eigenvalue weighted by Crippen LogP contribution is -2.41. The first-order valence-electron chi connectivity index (χ1n) is 6.48. The van der Waals surface area contributed by atoms with Crippen LogP contribution in [0.5, 0.6) is 0 Å². The van der Waals surface area contributed by atoms with Crippen molar-refractivity contribution in [3.8, 4) is 0 Å². The van der Waals surface area contributed by atoms with E-state index in [2.05, 4.69) is 10.3 Å². The zero-order valence-corrected chi connectivity index (χ0v) is 12.3. The topological polar surface area (TPSA) is 82.5 Å². The van der Waals surface area contributed by atoms with Crippen molar-refractivity contribution in [2.75, 3.05) is 19.0 Å². The van der Waals surface area contributed by atoms with Crippen molar-refractivity contribution in [1.29, 1.82) is 0 Å². The maximum absolute atomic E-state index is 12.1. The van der Waals surface area contributed by atoms with Gasteiger partial charge in [0.05, 0.1) is 0 Å². The fourth-order valence-electron chi connectivity index (χ4n) is 1.75. The molecule has 0 aliphatic rings. The summed E-state index contributed by atoms with van der Waals surface area (Å²) < 4.78 is 0. The molecule has 0 aromatic carbocycles. The SMILES string of the molecule is CC(C)C[C@H](NC(=O)c1cc(N(C)C)ccn1)C(=O)O. The molecule has 1 heterocycles. The van der Waals surface area contributed by atoms with Gasteiger partial charge >= 0.3 is 5.97 Å². The van der Waals surface area contributed by atoms with E-state index in [1.807, 2.05) is 32.8 Å². The van der Waals surface area contributed by atoms with Crippen molar-refractivity contribution in [2.24, 2.45) is 5.92 Å². The molecule has 0 bridgehead atoms. The number of hydrogen-bond donors (Lipinski definition) is 2. The third kappa shape index (κ3) is 4.53. The third-order valence-electron chi connectivity index (χ3n) is 2.80.